The standard InChI is InChI=1S/C19H27N3O2S/c1-2-3-5-12-17(23)21-19(25)20-16-11-7-6-10-15(16)18(24)22-13-8-4-9-14-22/h6-7,10-11H,2-5,8-9,12-14H2,1H3,(H2,20,21,23,25). The second-order valence-corrected chi connectivity index (χ2v) is 6.77. The number of nitrogens with zero attached hydrogens (tertiary/aromatic N) is 1. The fourth-order valence-electron chi connectivity index (χ4n) is 2.92. The molecule has 0 radical (unpaired) electrons. The molecular weight excluding hydrogens is 334 g/mol. The van der Waals surface area contributed by atoms with E-state index in [2.05, 4.69) is 17.6 Å². The van der Waals surface area contributed by atoms with Gasteiger partial charge >= 0.3 is 0 Å². The predicted molar refractivity (Wildman–Crippen MR) is 105 cm³/mol. The summed E-state index contributed by atoms with van der Waals surface area (Å²) < 4.78 is 0. The van der Waals surface area contributed by atoms with Gasteiger partial charge in [-0.2, -0.15) is 0 Å². The third-order valence-corrected chi connectivity index (χ3v) is 4.51. The van der Waals surface area contributed by atoms with Crippen LogP contribution in [0, 0.1) is 0 Å². The van der Waals surface area contributed by atoms with Crippen molar-refractivity contribution in [2.75, 3.05) is 18.4 Å². The van der Waals surface area contributed by atoms with Gasteiger partial charge in [-0.3, -0.25) is 9.59 Å². The molecule has 2 N–H and O–H groups in total. The lowest BCUT2D eigenvalue weighted by molar-refractivity contribution is -0.119. The van der Waals surface area contributed by atoms with Gasteiger partial charge in [-0.1, -0.05) is 31.9 Å². The smallest absolute Gasteiger partial charge is 0.255 e. The molecule has 0 aromatic heterocycles. The Bertz CT molecular complexity index is 612. The van der Waals surface area contributed by atoms with Crippen LogP contribution < -0.4 is 10.6 Å². The van der Waals surface area contributed by atoms with E-state index in [1.807, 2.05) is 23.1 Å². The van der Waals surface area contributed by atoms with Crippen molar-refractivity contribution >= 4 is 34.8 Å². The van der Waals surface area contributed by atoms with Crippen molar-refractivity contribution in [1.82, 2.24) is 10.2 Å². The number of benzene rings is 1. The number of amides is 2. The van der Waals surface area contributed by atoms with Crippen molar-refractivity contribution in [3.63, 3.8) is 0 Å². The van der Waals surface area contributed by atoms with Crippen LogP contribution in [0.3, 0.4) is 0 Å². The van der Waals surface area contributed by atoms with Gasteiger partial charge in [0.05, 0.1) is 11.3 Å². The number of nitrogens with one attached hydrogen (secondary N) is 2. The summed E-state index contributed by atoms with van der Waals surface area (Å²) in [7, 11) is 0. The van der Waals surface area contributed by atoms with Crippen LogP contribution in [0.2, 0.25) is 0 Å². The fraction of sp³-hybridized carbons (Fsp3) is 0.526. The molecule has 0 unspecified atom stereocenters. The number of likely N-dealkylation sites (tertiary alicyclic amines) is 1. The van der Waals surface area contributed by atoms with Gasteiger partial charge in [0.2, 0.25) is 5.91 Å². The van der Waals surface area contributed by atoms with Crippen LogP contribution in [-0.2, 0) is 4.79 Å². The number of para-hydroxylation sites is 1. The molecule has 0 atom stereocenters. The number of carbonyl (C=O) groups excluding carboxylic acids is 2. The van der Waals surface area contributed by atoms with Gasteiger partial charge in [0, 0.05) is 19.5 Å². The Morgan fingerprint density at radius 1 is 1.12 bits per heavy atom. The highest BCUT2D eigenvalue weighted by Crippen LogP contribution is 2.20. The van der Waals surface area contributed by atoms with Crippen LogP contribution >= 0.6 is 12.2 Å². The molecule has 1 aromatic carbocycles. The second kappa shape index (κ2) is 10.1. The Morgan fingerprint density at radius 3 is 2.56 bits per heavy atom. The van der Waals surface area contributed by atoms with E-state index in [1.54, 1.807) is 6.07 Å². The predicted octanol–water partition coefficient (Wildman–Crippen LogP) is 3.71. The third kappa shape index (κ3) is 6.12. The van der Waals surface area contributed by atoms with Crippen LogP contribution in [0.1, 0.15) is 62.2 Å². The van der Waals surface area contributed by atoms with Gasteiger partial charge < -0.3 is 15.5 Å². The summed E-state index contributed by atoms with van der Waals surface area (Å²) >= 11 is 5.23. The van der Waals surface area contributed by atoms with E-state index in [0.29, 0.717) is 17.7 Å². The molecule has 1 aromatic rings. The highest BCUT2D eigenvalue weighted by molar-refractivity contribution is 7.80. The van der Waals surface area contributed by atoms with Gasteiger partial charge in [-0.05, 0) is 50.0 Å². The van der Waals surface area contributed by atoms with Crippen molar-refractivity contribution in [2.45, 2.75) is 51.9 Å². The number of unbranched alkanes of at least 4 members (excludes halogenated alkanes) is 2. The SMILES string of the molecule is CCCCCC(=O)NC(=S)Nc1ccccc1C(=O)N1CCCCC1. The number of piperidine rings is 1. The molecule has 0 saturated carbocycles. The van der Waals surface area contributed by atoms with E-state index in [4.69, 9.17) is 12.2 Å². The summed E-state index contributed by atoms with van der Waals surface area (Å²) in [6.07, 6.45) is 6.70. The summed E-state index contributed by atoms with van der Waals surface area (Å²) in [4.78, 5) is 26.5. The van der Waals surface area contributed by atoms with Crippen LogP contribution in [0.5, 0.6) is 0 Å². The summed E-state index contributed by atoms with van der Waals surface area (Å²) in [6, 6.07) is 7.30. The summed E-state index contributed by atoms with van der Waals surface area (Å²) in [5, 5.41) is 5.93. The molecule has 25 heavy (non-hydrogen) atoms. The van der Waals surface area contributed by atoms with Gasteiger partial charge in [-0.15, -0.1) is 0 Å². The minimum Gasteiger partial charge on any atom is -0.339 e. The first-order chi connectivity index (χ1) is 12.1. The van der Waals surface area contributed by atoms with Gasteiger partial charge in [-0.25, -0.2) is 0 Å². The number of rotatable bonds is 6. The van der Waals surface area contributed by atoms with E-state index < -0.39 is 0 Å². The molecule has 0 bridgehead atoms. The Hall–Kier alpha value is -1.95. The number of thiocarbonyl (C=S) groups is 1. The van der Waals surface area contributed by atoms with Crippen molar-refractivity contribution in [3.05, 3.63) is 29.8 Å². The lowest BCUT2D eigenvalue weighted by Crippen LogP contribution is -2.37. The first kappa shape index (κ1) is 19.4. The summed E-state index contributed by atoms with van der Waals surface area (Å²) in [5.74, 6) is -0.0781. The second-order valence-electron chi connectivity index (χ2n) is 6.36. The monoisotopic (exact) mass is 361 g/mol. The minimum atomic E-state index is -0.0919. The van der Waals surface area contributed by atoms with Crippen LogP contribution in [-0.4, -0.2) is 34.9 Å². The van der Waals surface area contributed by atoms with Gasteiger partial charge in [0.1, 0.15) is 0 Å². The molecule has 0 aliphatic carbocycles. The lowest BCUT2D eigenvalue weighted by atomic mass is 10.1. The van der Waals surface area contributed by atoms with Crippen molar-refractivity contribution in [3.8, 4) is 0 Å². The Balaban J connectivity index is 1.96. The van der Waals surface area contributed by atoms with Crippen molar-refractivity contribution in [2.24, 2.45) is 0 Å². The average molecular weight is 362 g/mol. The minimum absolute atomic E-state index is 0.0138. The van der Waals surface area contributed by atoms with E-state index in [-0.39, 0.29) is 16.9 Å². The third-order valence-electron chi connectivity index (χ3n) is 4.31. The molecule has 1 saturated heterocycles. The molecule has 0 spiro atoms. The topological polar surface area (TPSA) is 61.4 Å². The number of anilines is 1. The van der Waals surface area contributed by atoms with Crippen LogP contribution in [0.25, 0.3) is 0 Å². The first-order valence-electron chi connectivity index (χ1n) is 9.11. The largest absolute Gasteiger partial charge is 0.339 e. The Labute approximate surface area is 155 Å². The lowest BCUT2D eigenvalue weighted by Gasteiger charge is -2.27. The zero-order valence-electron chi connectivity index (χ0n) is 14.8. The van der Waals surface area contributed by atoms with E-state index in [1.165, 1.54) is 6.42 Å². The fourth-order valence-corrected chi connectivity index (χ4v) is 3.15. The maximum absolute atomic E-state index is 12.8. The van der Waals surface area contributed by atoms with E-state index in [9.17, 15) is 9.59 Å². The number of hydrogen-bond acceptors (Lipinski definition) is 3. The molecule has 2 amide bonds. The van der Waals surface area contributed by atoms with Gasteiger partial charge in [0.15, 0.2) is 5.11 Å². The quantitative estimate of drug-likeness (QED) is 0.599. The van der Waals surface area contributed by atoms with Gasteiger partial charge in [0.25, 0.3) is 5.91 Å². The molecule has 136 valence electrons. The highest BCUT2D eigenvalue weighted by Gasteiger charge is 2.20. The molecule has 1 fully saturated rings. The Morgan fingerprint density at radius 2 is 1.84 bits per heavy atom. The molecule has 1 aliphatic rings. The zero-order chi connectivity index (χ0) is 18.1. The summed E-state index contributed by atoms with van der Waals surface area (Å²) in [6.45, 7) is 3.69. The molecular formula is C19H27N3O2S. The maximum atomic E-state index is 12.8. The zero-order valence-corrected chi connectivity index (χ0v) is 15.7. The molecule has 2 rings (SSSR count). The highest BCUT2D eigenvalue weighted by atomic mass is 32.1. The molecule has 1 aliphatic heterocycles. The Kier molecular flexibility index (Phi) is 7.85. The molecule has 6 heteroatoms. The van der Waals surface area contributed by atoms with Crippen LogP contribution in [0.4, 0.5) is 5.69 Å². The molecule has 5 nitrogen and oxygen atoms in total. The van der Waals surface area contributed by atoms with E-state index in [0.717, 1.165) is 45.2 Å². The van der Waals surface area contributed by atoms with E-state index >= 15 is 0 Å². The maximum Gasteiger partial charge on any atom is 0.255 e. The van der Waals surface area contributed by atoms with Crippen LogP contribution in [0.15, 0.2) is 24.3 Å². The van der Waals surface area contributed by atoms with Crippen molar-refractivity contribution in [1.29, 1.82) is 0 Å². The number of hydrogen-bond donors (Lipinski definition) is 2. The number of carbonyl (C=O) groups is 2. The average Bonchev–Trinajstić information content (AvgIpc) is 2.62. The normalized spacial score (nSPS) is 14.0. The van der Waals surface area contributed by atoms with Crippen molar-refractivity contribution < 1.29 is 9.59 Å². The summed E-state index contributed by atoms with van der Waals surface area (Å²) in [5.41, 5.74) is 1.23. The molecule has 1 heterocycles. The first-order valence-corrected chi connectivity index (χ1v) is 9.51.